The highest BCUT2D eigenvalue weighted by Gasteiger charge is 2.27. The van der Waals surface area contributed by atoms with Gasteiger partial charge in [-0.1, -0.05) is 31.2 Å². The van der Waals surface area contributed by atoms with E-state index in [2.05, 4.69) is 4.98 Å². The minimum atomic E-state index is -1.11. The van der Waals surface area contributed by atoms with Crippen LogP contribution in [0.4, 0.5) is 4.79 Å². The van der Waals surface area contributed by atoms with Crippen molar-refractivity contribution < 1.29 is 29.3 Å². The second-order valence-electron chi connectivity index (χ2n) is 7.36. The fourth-order valence-electron chi connectivity index (χ4n) is 3.18. The van der Waals surface area contributed by atoms with Crippen LogP contribution in [0.15, 0.2) is 54.6 Å². The van der Waals surface area contributed by atoms with Crippen LogP contribution in [0.5, 0.6) is 0 Å². The number of hydrogen-bond donors (Lipinski definition) is 2. The van der Waals surface area contributed by atoms with Gasteiger partial charge in [0, 0.05) is 17.5 Å². The number of nitrogens with zero attached hydrogens (tertiary/aromatic N) is 2. The minimum absolute atomic E-state index is 0.0877. The molecule has 8 heteroatoms. The van der Waals surface area contributed by atoms with Gasteiger partial charge in [0.25, 0.3) is 0 Å². The minimum Gasteiger partial charge on any atom is -0.480 e. The van der Waals surface area contributed by atoms with E-state index in [4.69, 9.17) is 9.84 Å². The van der Waals surface area contributed by atoms with Gasteiger partial charge in [-0.3, -0.25) is 4.90 Å². The molecule has 166 valence electrons. The number of amides is 1. The molecule has 2 N–H and O–H groups in total. The number of fused-ring (bicyclic) bond motifs is 1. The number of carboxylic acid groups (broad SMARTS) is 2. The van der Waals surface area contributed by atoms with Crippen molar-refractivity contribution >= 4 is 28.9 Å². The Morgan fingerprint density at radius 2 is 1.75 bits per heavy atom. The van der Waals surface area contributed by atoms with Gasteiger partial charge in [-0.05, 0) is 49.2 Å². The molecule has 0 aliphatic carbocycles. The molecule has 2 aromatic carbocycles. The molecule has 0 radical (unpaired) electrons. The molecule has 0 saturated carbocycles. The van der Waals surface area contributed by atoms with Crippen LogP contribution in [0.2, 0.25) is 0 Å². The highest BCUT2D eigenvalue weighted by Crippen LogP contribution is 2.23. The fourth-order valence-corrected chi connectivity index (χ4v) is 3.18. The lowest BCUT2D eigenvalue weighted by atomic mass is 10.1. The first-order valence-corrected chi connectivity index (χ1v) is 10.2. The average Bonchev–Trinajstić information content (AvgIpc) is 2.80. The lowest BCUT2D eigenvalue weighted by Gasteiger charge is -2.26. The zero-order valence-electron chi connectivity index (χ0n) is 17.8. The number of carbonyl (C=O) groups is 3. The number of aromatic nitrogens is 1. The van der Waals surface area contributed by atoms with E-state index < -0.39 is 24.1 Å². The largest absolute Gasteiger partial charge is 0.480 e. The Balaban J connectivity index is 1.85. The predicted octanol–water partition coefficient (Wildman–Crippen LogP) is 4.42. The summed E-state index contributed by atoms with van der Waals surface area (Å²) < 4.78 is 5.15. The molecular weight excluding hydrogens is 412 g/mol. The SMILES string of the molecule is CCCOC(=O)N(Cc1ccc2nc(-c3ccc(C(=O)O)cc3)ccc2c1)C(C)C(=O)O. The molecular formula is C24H24N2O6. The van der Waals surface area contributed by atoms with Crippen molar-refractivity contribution in [2.24, 2.45) is 0 Å². The van der Waals surface area contributed by atoms with Crippen LogP contribution in [-0.2, 0) is 16.1 Å². The van der Waals surface area contributed by atoms with E-state index in [0.717, 1.165) is 22.0 Å². The highest BCUT2D eigenvalue weighted by molar-refractivity contribution is 5.88. The summed E-state index contributed by atoms with van der Waals surface area (Å²) in [4.78, 5) is 40.7. The van der Waals surface area contributed by atoms with E-state index in [1.54, 1.807) is 24.3 Å². The number of ether oxygens (including phenoxy) is 1. The lowest BCUT2D eigenvalue weighted by molar-refractivity contribution is -0.142. The normalized spacial score (nSPS) is 11.7. The van der Waals surface area contributed by atoms with Gasteiger partial charge in [0.2, 0.25) is 0 Å². The third kappa shape index (κ3) is 5.21. The molecule has 1 aromatic heterocycles. The van der Waals surface area contributed by atoms with Gasteiger partial charge in [0.05, 0.1) is 23.4 Å². The molecule has 0 saturated heterocycles. The molecule has 1 amide bonds. The van der Waals surface area contributed by atoms with Crippen molar-refractivity contribution in [3.63, 3.8) is 0 Å². The zero-order chi connectivity index (χ0) is 23.3. The van der Waals surface area contributed by atoms with E-state index in [1.165, 1.54) is 24.0 Å². The molecule has 32 heavy (non-hydrogen) atoms. The van der Waals surface area contributed by atoms with Crippen LogP contribution >= 0.6 is 0 Å². The van der Waals surface area contributed by atoms with Crippen LogP contribution in [0.1, 0.15) is 36.2 Å². The first-order chi connectivity index (χ1) is 15.3. The standard InChI is InChI=1S/C24H24N2O6/c1-3-12-32-24(31)26(15(2)22(27)28)14-16-4-10-21-19(13-16)9-11-20(25-21)17-5-7-18(8-6-17)23(29)30/h4-11,13,15H,3,12,14H2,1-2H3,(H,27,28)(H,29,30). The number of hydrogen-bond acceptors (Lipinski definition) is 5. The maximum atomic E-state index is 12.4. The van der Waals surface area contributed by atoms with Crippen LogP contribution in [0, 0.1) is 0 Å². The second-order valence-corrected chi connectivity index (χ2v) is 7.36. The Morgan fingerprint density at radius 3 is 2.38 bits per heavy atom. The third-order valence-corrected chi connectivity index (χ3v) is 5.02. The van der Waals surface area contributed by atoms with Gasteiger partial charge in [-0.15, -0.1) is 0 Å². The van der Waals surface area contributed by atoms with Gasteiger partial charge in [0.1, 0.15) is 6.04 Å². The van der Waals surface area contributed by atoms with Gasteiger partial charge >= 0.3 is 18.0 Å². The Kier molecular flexibility index (Phi) is 7.04. The number of benzene rings is 2. The van der Waals surface area contributed by atoms with Crippen molar-refractivity contribution in [3.05, 3.63) is 65.7 Å². The Morgan fingerprint density at radius 1 is 1.03 bits per heavy atom. The van der Waals surface area contributed by atoms with Crippen molar-refractivity contribution in [2.75, 3.05) is 6.61 Å². The molecule has 1 unspecified atom stereocenters. The molecule has 0 aliphatic rings. The molecule has 0 aliphatic heterocycles. The monoisotopic (exact) mass is 436 g/mol. The molecule has 0 bridgehead atoms. The smallest absolute Gasteiger partial charge is 0.410 e. The summed E-state index contributed by atoms with van der Waals surface area (Å²) in [5.41, 5.74) is 3.17. The van der Waals surface area contributed by atoms with Crippen LogP contribution in [0.3, 0.4) is 0 Å². The third-order valence-electron chi connectivity index (χ3n) is 5.02. The summed E-state index contributed by atoms with van der Waals surface area (Å²) in [7, 11) is 0. The van der Waals surface area contributed by atoms with Gasteiger partial charge < -0.3 is 14.9 Å². The molecule has 0 spiro atoms. The summed E-state index contributed by atoms with van der Waals surface area (Å²) in [5, 5.41) is 19.2. The molecule has 1 heterocycles. The molecule has 8 nitrogen and oxygen atoms in total. The topological polar surface area (TPSA) is 117 Å². The van der Waals surface area contributed by atoms with E-state index in [1.807, 2.05) is 25.1 Å². The van der Waals surface area contributed by atoms with Gasteiger partial charge in [-0.25, -0.2) is 19.4 Å². The molecule has 1 atom stereocenters. The number of aromatic carboxylic acids is 1. The van der Waals surface area contributed by atoms with Gasteiger partial charge in [0.15, 0.2) is 0 Å². The Bertz CT molecular complexity index is 1140. The lowest BCUT2D eigenvalue weighted by Crippen LogP contribution is -2.43. The van der Waals surface area contributed by atoms with Crippen molar-refractivity contribution in [2.45, 2.75) is 32.9 Å². The number of carbonyl (C=O) groups excluding carboxylic acids is 1. The van der Waals surface area contributed by atoms with E-state index in [-0.39, 0.29) is 18.7 Å². The highest BCUT2D eigenvalue weighted by atomic mass is 16.6. The quantitative estimate of drug-likeness (QED) is 0.537. The zero-order valence-corrected chi connectivity index (χ0v) is 17.8. The number of pyridine rings is 1. The number of rotatable bonds is 8. The summed E-state index contributed by atoms with van der Waals surface area (Å²) in [6, 6.07) is 14.6. The Labute approximate surface area is 185 Å². The molecule has 3 rings (SSSR count). The number of carboxylic acids is 2. The summed E-state index contributed by atoms with van der Waals surface area (Å²) >= 11 is 0. The van der Waals surface area contributed by atoms with Crippen molar-refractivity contribution in [3.8, 4) is 11.3 Å². The first kappa shape index (κ1) is 22.7. The summed E-state index contributed by atoms with van der Waals surface area (Å²) in [6.45, 7) is 3.62. The molecule has 0 fully saturated rings. The van der Waals surface area contributed by atoms with E-state index in [9.17, 15) is 19.5 Å². The predicted molar refractivity (Wildman–Crippen MR) is 118 cm³/mol. The van der Waals surface area contributed by atoms with Crippen molar-refractivity contribution in [1.82, 2.24) is 9.88 Å². The molecule has 3 aromatic rings. The maximum Gasteiger partial charge on any atom is 0.410 e. The average molecular weight is 436 g/mol. The summed E-state index contributed by atoms with van der Waals surface area (Å²) in [6.07, 6.45) is -0.0236. The Hall–Kier alpha value is -3.94. The number of aliphatic carboxylic acids is 1. The van der Waals surface area contributed by atoms with Crippen LogP contribution < -0.4 is 0 Å². The maximum absolute atomic E-state index is 12.4. The summed E-state index contributed by atoms with van der Waals surface area (Å²) in [5.74, 6) is -2.10. The van der Waals surface area contributed by atoms with Gasteiger partial charge in [-0.2, -0.15) is 0 Å². The first-order valence-electron chi connectivity index (χ1n) is 10.2. The second kappa shape index (κ2) is 9.91. The van der Waals surface area contributed by atoms with Crippen molar-refractivity contribution in [1.29, 1.82) is 0 Å². The van der Waals surface area contributed by atoms with Crippen LogP contribution in [-0.4, -0.2) is 50.8 Å². The van der Waals surface area contributed by atoms with E-state index >= 15 is 0 Å². The van der Waals surface area contributed by atoms with Crippen LogP contribution in [0.25, 0.3) is 22.2 Å². The fraction of sp³-hybridized carbons (Fsp3) is 0.250. The van der Waals surface area contributed by atoms with E-state index in [0.29, 0.717) is 12.1 Å².